The highest BCUT2D eigenvalue weighted by Crippen LogP contribution is 2.13. The van der Waals surface area contributed by atoms with E-state index in [1.165, 1.54) is 6.92 Å². The van der Waals surface area contributed by atoms with Gasteiger partial charge in [-0.1, -0.05) is 6.92 Å². The topological polar surface area (TPSA) is 41.7 Å². The van der Waals surface area contributed by atoms with Gasteiger partial charge in [0.15, 0.2) is 0 Å². The molecule has 1 unspecified atom stereocenters. The standard InChI is InChI=1S/C6H9NO2/c1-4-6(2,7-3)5(8)9/h4H2,1-2H3,(H,8,9). The molecule has 0 spiro atoms. The van der Waals surface area contributed by atoms with Crippen LogP contribution in [0.5, 0.6) is 0 Å². The van der Waals surface area contributed by atoms with Crippen LogP contribution in [0.25, 0.3) is 4.85 Å². The van der Waals surface area contributed by atoms with Crippen LogP contribution in [0.2, 0.25) is 0 Å². The second-order valence-corrected chi connectivity index (χ2v) is 2.04. The van der Waals surface area contributed by atoms with Crippen LogP contribution in [-0.2, 0) is 4.79 Å². The Balaban J connectivity index is 4.33. The van der Waals surface area contributed by atoms with E-state index in [0.29, 0.717) is 6.42 Å². The van der Waals surface area contributed by atoms with E-state index < -0.39 is 11.5 Å². The third-order valence-corrected chi connectivity index (χ3v) is 1.40. The van der Waals surface area contributed by atoms with Crippen LogP contribution in [0.1, 0.15) is 20.3 Å². The Labute approximate surface area is 54.1 Å². The number of carboxylic acid groups (broad SMARTS) is 1. The van der Waals surface area contributed by atoms with Crippen LogP contribution in [0.4, 0.5) is 0 Å². The molecule has 0 bridgehead atoms. The Morgan fingerprint density at radius 2 is 2.33 bits per heavy atom. The fourth-order valence-corrected chi connectivity index (χ4v) is 0.278. The minimum atomic E-state index is -1.21. The van der Waals surface area contributed by atoms with Crippen LogP contribution < -0.4 is 0 Å². The number of hydrogen-bond acceptors (Lipinski definition) is 1. The summed E-state index contributed by atoms with van der Waals surface area (Å²) >= 11 is 0. The van der Waals surface area contributed by atoms with Gasteiger partial charge in [0, 0.05) is 13.3 Å². The molecular weight excluding hydrogens is 118 g/mol. The van der Waals surface area contributed by atoms with Gasteiger partial charge in [0.2, 0.25) is 0 Å². The van der Waals surface area contributed by atoms with Gasteiger partial charge in [-0.05, 0) is 0 Å². The molecule has 3 nitrogen and oxygen atoms in total. The molecule has 0 aliphatic heterocycles. The molecule has 0 aromatic rings. The molecule has 3 heteroatoms. The van der Waals surface area contributed by atoms with Crippen LogP contribution in [0.3, 0.4) is 0 Å². The van der Waals surface area contributed by atoms with Gasteiger partial charge >= 0.3 is 11.5 Å². The van der Waals surface area contributed by atoms with Crippen LogP contribution >= 0.6 is 0 Å². The first-order valence-electron chi connectivity index (χ1n) is 2.69. The number of rotatable bonds is 2. The van der Waals surface area contributed by atoms with Gasteiger partial charge in [-0.2, -0.15) is 0 Å². The van der Waals surface area contributed by atoms with Gasteiger partial charge in [-0.25, -0.2) is 11.4 Å². The molecule has 0 aliphatic carbocycles. The molecule has 9 heavy (non-hydrogen) atoms. The highest BCUT2D eigenvalue weighted by molar-refractivity contribution is 5.80. The van der Waals surface area contributed by atoms with E-state index in [2.05, 4.69) is 4.85 Å². The van der Waals surface area contributed by atoms with E-state index in [1.54, 1.807) is 6.92 Å². The predicted octanol–water partition coefficient (Wildman–Crippen LogP) is 1.16. The molecule has 0 amide bonds. The van der Waals surface area contributed by atoms with Crippen LogP contribution in [0.15, 0.2) is 0 Å². The molecule has 0 heterocycles. The second kappa shape index (κ2) is 2.49. The number of carboxylic acids is 1. The summed E-state index contributed by atoms with van der Waals surface area (Å²) in [6.45, 7) is 9.64. The van der Waals surface area contributed by atoms with Crippen molar-refractivity contribution in [3.63, 3.8) is 0 Å². The smallest absolute Gasteiger partial charge is 0.390 e. The molecular formula is C6H9NO2. The largest absolute Gasteiger partial charge is 0.475 e. The number of hydrogen-bond donors (Lipinski definition) is 1. The van der Waals surface area contributed by atoms with E-state index in [4.69, 9.17) is 11.7 Å². The lowest BCUT2D eigenvalue weighted by atomic mass is 10.0. The first-order chi connectivity index (χ1) is 4.06. The van der Waals surface area contributed by atoms with Crippen molar-refractivity contribution < 1.29 is 9.90 Å². The monoisotopic (exact) mass is 127 g/mol. The van der Waals surface area contributed by atoms with E-state index >= 15 is 0 Å². The molecule has 1 N–H and O–H groups in total. The molecule has 0 radical (unpaired) electrons. The summed E-state index contributed by atoms with van der Waals surface area (Å²) in [5.41, 5.74) is -1.21. The van der Waals surface area contributed by atoms with Crippen molar-refractivity contribution in [1.29, 1.82) is 0 Å². The average molecular weight is 127 g/mol. The van der Waals surface area contributed by atoms with Crippen molar-refractivity contribution in [2.45, 2.75) is 25.8 Å². The summed E-state index contributed by atoms with van der Waals surface area (Å²) in [6.07, 6.45) is 0.353. The van der Waals surface area contributed by atoms with Crippen molar-refractivity contribution in [2.24, 2.45) is 0 Å². The normalized spacial score (nSPS) is 15.7. The molecule has 0 aromatic heterocycles. The predicted molar refractivity (Wildman–Crippen MR) is 32.9 cm³/mol. The minimum absolute atomic E-state index is 0.353. The van der Waals surface area contributed by atoms with Gasteiger partial charge in [-0.3, -0.25) is 4.85 Å². The molecule has 0 saturated heterocycles. The maximum atomic E-state index is 10.3. The summed E-state index contributed by atoms with van der Waals surface area (Å²) in [5.74, 6) is -1.04. The fraction of sp³-hybridized carbons (Fsp3) is 0.667. The zero-order chi connectivity index (χ0) is 7.49. The first kappa shape index (κ1) is 7.96. The fourth-order valence-electron chi connectivity index (χ4n) is 0.278. The van der Waals surface area contributed by atoms with Crippen molar-refractivity contribution in [3.05, 3.63) is 11.4 Å². The summed E-state index contributed by atoms with van der Waals surface area (Å²) in [5, 5.41) is 8.42. The van der Waals surface area contributed by atoms with Crippen molar-refractivity contribution in [3.8, 4) is 0 Å². The van der Waals surface area contributed by atoms with Crippen molar-refractivity contribution in [2.75, 3.05) is 0 Å². The summed E-state index contributed by atoms with van der Waals surface area (Å²) in [6, 6.07) is 0. The SMILES string of the molecule is [C-]#[N+]C(C)(CC)C(=O)O. The van der Waals surface area contributed by atoms with Crippen LogP contribution in [0, 0.1) is 6.57 Å². The molecule has 0 fully saturated rings. The Bertz CT molecular complexity index is 159. The summed E-state index contributed by atoms with van der Waals surface area (Å²) in [4.78, 5) is 13.3. The molecule has 1 atom stereocenters. The molecule has 0 saturated carbocycles. The van der Waals surface area contributed by atoms with Gasteiger partial charge in [-0.15, -0.1) is 0 Å². The summed E-state index contributed by atoms with van der Waals surface area (Å²) in [7, 11) is 0. The molecule has 0 aliphatic rings. The maximum Gasteiger partial charge on any atom is 0.390 e. The van der Waals surface area contributed by atoms with Gasteiger partial charge in [0.25, 0.3) is 0 Å². The molecule has 50 valence electrons. The quantitative estimate of drug-likeness (QED) is 0.565. The Hall–Kier alpha value is -1.04. The number of carbonyl (C=O) groups is 1. The first-order valence-corrected chi connectivity index (χ1v) is 2.69. The number of nitrogens with zero attached hydrogens (tertiary/aromatic N) is 1. The highest BCUT2D eigenvalue weighted by atomic mass is 16.4. The lowest BCUT2D eigenvalue weighted by molar-refractivity contribution is -0.141. The lowest BCUT2D eigenvalue weighted by Crippen LogP contribution is -2.29. The van der Waals surface area contributed by atoms with Crippen LogP contribution in [-0.4, -0.2) is 16.6 Å². The molecule has 0 rings (SSSR count). The van der Waals surface area contributed by atoms with Gasteiger partial charge < -0.3 is 5.11 Å². The van der Waals surface area contributed by atoms with Gasteiger partial charge in [0.05, 0.1) is 0 Å². The third kappa shape index (κ3) is 1.43. The zero-order valence-corrected chi connectivity index (χ0v) is 5.51. The average Bonchev–Trinajstić information content (AvgIpc) is 1.86. The Kier molecular flexibility index (Phi) is 2.20. The number of aliphatic carboxylic acids is 1. The third-order valence-electron chi connectivity index (χ3n) is 1.40. The summed E-state index contributed by atoms with van der Waals surface area (Å²) < 4.78 is 0. The van der Waals surface area contributed by atoms with E-state index in [0.717, 1.165) is 0 Å². The Morgan fingerprint density at radius 3 is 2.33 bits per heavy atom. The van der Waals surface area contributed by atoms with E-state index in [9.17, 15) is 4.79 Å². The van der Waals surface area contributed by atoms with E-state index in [1.807, 2.05) is 0 Å². The Morgan fingerprint density at radius 1 is 1.89 bits per heavy atom. The minimum Gasteiger partial charge on any atom is -0.475 e. The zero-order valence-electron chi connectivity index (χ0n) is 5.51. The maximum absolute atomic E-state index is 10.3. The molecule has 0 aromatic carbocycles. The second-order valence-electron chi connectivity index (χ2n) is 2.04. The highest BCUT2D eigenvalue weighted by Gasteiger charge is 2.37. The van der Waals surface area contributed by atoms with Crippen molar-refractivity contribution >= 4 is 5.97 Å². The lowest BCUT2D eigenvalue weighted by Gasteiger charge is -2.06. The van der Waals surface area contributed by atoms with Crippen molar-refractivity contribution in [1.82, 2.24) is 0 Å². The van der Waals surface area contributed by atoms with E-state index in [-0.39, 0.29) is 0 Å². The van der Waals surface area contributed by atoms with Gasteiger partial charge in [0.1, 0.15) is 0 Å².